The Morgan fingerprint density at radius 3 is 2.75 bits per heavy atom. The molecule has 1 aliphatic heterocycles. The first-order valence-corrected chi connectivity index (χ1v) is 7.73. The van der Waals surface area contributed by atoms with Crippen LogP contribution in [0, 0.1) is 19.8 Å². The molecule has 3 atom stereocenters. The van der Waals surface area contributed by atoms with Gasteiger partial charge in [0.25, 0.3) is 0 Å². The third-order valence-electron chi connectivity index (χ3n) is 4.96. The fourth-order valence-electron chi connectivity index (χ4n) is 3.51. The van der Waals surface area contributed by atoms with Crippen LogP contribution in [0.1, 0.15) is 49.8 Å². The van der Waals surface area contributed by atoms with Crippen molar-refractivity contribution in [3.05, 3.63) is 11.3 Å². The highest BCUT2D eigenvalue weighted by atomic mass is 16.2. The number of amides is 1. The standard InChI is InChI=1S/C15H24N4O/c1-9-10(2)18-19-14(9)17-15(20)13-8-7-11-5-3-4-6-12(11)16-13/h11-13,16H,3-8H2,1-2H3,(H2,17,18,19,20). The number of rotatable bonds is 2. The van der Waals surface area contributed by atoms with Crippen LogP contribution in [0.15, 0.2) is 0 Å². The van der Waals surface area contributed by atoms with Crippen molar-refractivity contribution in [1.82, 2.24) is 15.5 Å². The molecule has 110 valence electrons. The summed E-state index contributed by atoms with van der Waals surface area (Å²) in [7, 11) is 0. The molecule has 0 bridgehead atoms. The molecule has 1 saturated carbocycles. The molecule has 0 aromatic carbocycles. The number of fused-ring (bicyclic) bond motifs is 1. The third-order valence-corrected chi connectivity index (χ3v) is 4.96. The van der Waals surface area contributed by atoms with Gasteiger partial charge in [-0.3, -0.25) is 9.89 Å². The SMILES string of the molecule is Cc1[nH]nc(NC(=O)C2CCC3CCCCC3N2)c1C. The predicted octanol–water partition coefficient (Wildman–Crippen LogP) is 2.28. The first-order valence-electron chi connectivity index (χ1n) is 7.73. The Morgan fingerprint density at radius 2 is 2.00 bits per heavy atom. The summed E-state index contributed by atoms with van der Waals surface area (Å²) >= 11 is 0. The Morgan fingerprint density at radius 1 is 1.20 bits per heavy atom. The Bertz CT molecular complexity index is 496. The number of H-pyrrole nitrogens is 1. The summed E-state index contributed by atoms with van der Waals surface area (Å²) in [6.07, 6.45) is 7.30. The van der Waals surface area contributed by atoms with Crippen LogP contribution >= 0.6 is 0 Å². The van der Waals surface area contributed by atoms with E-state index in [1.165, 1.54) is 32.1 Å². The summed E-state index contributed by atoms with van der Waals surface area (Å²) in [6.45, 7) is 3.93. The molecule has 20 heavy (non-hydrogen) atoms. The molecular weight excluding hydrogens is 252 g/mol. The molecule has 2 fully saturated rings. The Hall–Kier alpha value is -1.36. The minimum absolute atomic E-state index is 0.0589. The van der Waals surface area contributed by atoms with Gasteiger partial charge in [-0.1, -0.05) is 12.8 Å². The minimum atomic E-state index is -0.0641. The summed E-state index contributed by atoms with van der Waals surface area (Å²) < 4.78 is 0. The van der Waals surface area contributed by atoms with E-state index in [0.29, 0.717) is 11.9 Å². The predicted molar refractivity (Wildman–Crippen MR) is 78.6 cm³/mol. The van der Waals surface area contributed by atoms with Crippen molar-refractivity contribution in [2.24, 2.45) is 5.92 Å². The maximum atomic E-state index is 12.4. The van der Waals surface area contributed by atoms with Gasteiger partial charge in [0.05, 0.1) is 6.04 Å². The van der Waals surface area contributed by atoms with Crippen LogP contribution in [0.4, 0.5) is 5.82 Å². The zero-order chi connectivity index (χ0) is 14.1. The summed E-state index contributed by atoms with van der Waals surface area (Å²) in [4.78, 5) is 12.4. The van der Waals surface area contributed by atoms with E-state index in [9.17, 15) is 4.79 Å². The van der Waals surface area contributed by atoms with E-state index in [1.54, 1.807) is 0 Å². The number of nitrogens with one attached hydrogen (secondary N) is 3. The highest BCUT2D eigenvalue weighted by molar-refractivity contribution is 5.94. The van der Waals surface area contributed by atoms with Gasteiger partial charge in [-0.05, 0) is 45.4 Å². The Kier molecular flexibility index (Phi) is 3.78. The van der Waals surface area contributed by atoms with Crippen LogP contribution in [0.3, 0.4) is 0 Å². The molecule has 5 nitrogen and oxygen atoms in total. The molecule has 1 aromatic rings. The fourth-order valence-corrected chi connectivity index (χ4v) is 3.51. The quantitative estimate of drug-likeness (QED) is 0.776. The second kappa shape index (κ2) is 5.56. The van der Waals surface area contributed by atoms with Crippen LogP contribution in [0.25, 0.3) is 0 Å². The number of aryl methyl sites for hydroxylation is 1. The van der Waals surface area contributed by atoms with Gasteiger partial charge in [0.15, 0.2) is 5.82 Å². The Labute approximate surface area is 119 Å². The molecule has 3 unspecified atom stereocenters. The number of piperidine rings is 1. The van der Waals surface area contributed by atoms with Gasteiger partial charge in [-0.25, -0.2) is 0 Å². The summed E-state index contributed by atoms with van der Waals surface area (Å²) in [5.41, 5.74) is 2.02. The van der Waals surface area contributed by atoms with E-state index in [2.05, 4.69) is 20.8 Å². The number of anilines is 1. The average Bonchev–Trinajstić information content (AvgIpc) is 2.78. The topological polar surface area (TPSA) is 69.8 Å². The summed E-state index contributed by atoms with van der Waals surface area (Å²) in [5, 5.41) is 13.6. The van der Waals surface area contributed by atoms with Crippen LogP contribution < -0.4 is 10.6 Å². The van der Waals surface area contributed by atoms with Gasteiger partial charge in [0.2, 0.25) is 5.91 Å². The first-order chi connectivity index (χ1) is 9.65. The molecule has 1 aliphatic carbocycles. The van der Waals surface area contributed by atoms with Gasteiger partial charge in [0.1, 0.15) is 0 Å². The highest BCUT2D eigenvalue weighted by Gasteiger charge is 2.34. The van der Waals surface area contributed by atoms with Crippen molar-refractivity contribution in [2.75, 3.05) is 5.32 Å². The van der Waals surface area contributed by atoms with Crippen molar-refractivity contribution in [2.45, 2.75) is 64.5 Å². The van der Waals surface area contributed by atoms with E-state index in [-0.39, 0.29) is 11.9 Å². The van der Waals surface area contributed by atoms with E-state index in [4.69, 9.17) is 0 Å². The van der Waals surface area contributed by atoms with Crippen LogP contribution in [0.5, 0.6) is 0 Å². The van der Waals surface area contributed by atoms with Gasteiger partial charge >= 0.3 is 0 Å². The fraction of sp³-hybridized carbons (Fsp3) is 0.733. The molecule has 0 radical (unpaired) electrons. The highest BCUT2D eigenvalue weighted by Crippen LogP contribution is 2.32. The van der Waals surface area contributed by atoms with E-state index in [0.717, 1.165) is 23.6 Å². The van der Waals surface area contributed by atoms with Gasteiger partial charge in [-0.2, -0.15) is 5.10 Å². The minimum Gasteiger partial charge on any atom is -0.308 e. The second-order valence-corrected chi connectivity index (χ2v) is 6.26. The number of hydrogen-bond donors (Lipinski definition) is 3. The van der Waals surface area contributed by atoms with Gasteiger partial charge in [-0.15, -0.1) is 0 Å². The number of carbonyl (C=O) groups is 1. The van der Waals surface area contributed by atoms with Crippen molar-refractivity contribution < 1.29 is 4.79 Å². The van der Waals surface area contributed by atoms with Crippen LogP contribution in [-0.2, 0) is 4.79 Å². The monoisotopic (exact) mass is 276 g/mol. The number of aromatic amines is 1. The number of carbonyl (C=O) groups excluding carboxylic acids is 1. The maximum Gasteiger partial charge on any atom is 0.242 e. The van der Waals surface area contributed by atoms with E-state index >= 15 is 0 Å². The number of hydrogen-bond acceptors (Lipinski definition) is 3. The molecule has 1 saturated heterocycles. The van der Waals surface area contributed by atoms with E-state index in [1.807, 2.05) is 13.8 Å². The van der Waals surface area contributed by atoms with Crippen molar-refractivity contribution >= 4 is 11.7 Å². The lowest BCUT2D eigenvalue weighted by molar-refractivity contribution is -0.119. The number of nitrogens with zero attached hydrogens (tertiary/aromatic N) is 1. The zero-order valence-electron chi connectivity index (χ0n) is 12.3. The molecule has 1 amide bonds. The van der Waals surface area contributed by atoms with Gasteiger partial charge in [0, 0.05) is 17.3 Å². The largest absolute Gasteiger partial charge is 0.308 e. The molecule has 1 aromatic heterocycles. The van der Waals surface area contributed by atoms with Crippen LogP contribution in [0.2, 0.25) is 0 Å². The molecule has 2 heterocycles. The van der Waals surface area contributed by atoms with Crippen molar-refractivity contribution in [3.8, 4) is 0 Å². The molecular formula is C15H24N4O. The average molecular weight is 276 g/mol. The second-order valence-electron chi connectivity index (χ2n) is 6.26. The van der Waals surface area contributed by atoms with E-state index < -0.39 is 0 Å². The Balaban J connectivity index is 1.61. The van der Waals surface area contributed by atoms with Crippen LogP contribution in [-0.4, -0.2) is 28.2 Å². The summed E-state index contributed by atoms with van der Waals surface area (Å²) in [5.74, 6) is 1.51. The first kappa shape index (κ1) is 13.6. The molecule has 2 aliphatic rings. The molecule has 3 rings (SSSR count). The maximum absolute atomic E-state index is 12.4. The molecule has 3 N–H and O–H groups in total. The lowest BCUT2D eigenvalue weighted by Crippen LogP contribution is -2.53. The normalized spacial score (nSPS) is 29.8. The number of aromatic nitrogens is 2. The van der Waals surface area contributed by atoms with Crippen molar-refractivity contribution in [1.29, 1.82) is 0 Å². The summed E-state index contributed by atoms with van der Waals surface area (Å²) in [6, 6.07) is 0.473. The smallest absolute Gasteiger partial charge is 0.242 e. The zero-order valence-corrected chi connectivity index (χ0v) is 12.3. The van der Waals surface area contributed by atoms with Crippen molar-refractivity contribution in [3.63, 3.8) is 0 Å². The lowest BCUT2D eigenvalue weighted by Gasteiger charge is -2.39. The lowest BCUT2D eigenvalue weighted by atomic mass is 9.77. The van der Waals surface area contributed by atoms with Gasteiger partial charge < -0.3 is 10.6 Å². The third kappa shape index (κ3) is 2.59. The molecule has 0 spiro atoms. The molecule has 5 heteroatoms.